The van der Waals surface area contributed by atoms with Crippen LogP contribution in [0.15, 0.2) is 243 Å². The topological polar surface area (TPSA) is 9.86 Å². The van der Waals surface area contributed by atoms with Gasteiger partial charge in [0.25, 0.3) is 0 Å². The van der Waals surface area contributed by atoms with Crippen molar-refractivity contribution in [1.82, 2.24) is 9.13 Å². The van der Waals surface area contributed by atoms with Crippen molar-refractivity contribution in [2.75, 3.05) is 0 Å². The SMILES string of the molecule is c1ccc(-c2cc(-c3ccccc3)cc(-n3c4ccccc4c4cc(-c5ccc6c(c5)c5ccccc5n6-c5ccc(-c6ccccc6)c(-c6ccccc6)c5)ccc43)c2)cc1. The second-order valence-electron chi connectivity index (χ2n) is 16.1. The van der Waals surface area contributed by atoms with E-state index in [9.17, 15) is 0 Å². The highest BCUT2D eigenvalue weighted by atomic mass is 15.0. The summed E-state index contributed by atoms with van der Waals surface area (Å²) >= 11 is 0. The van der Waals surface area contributed by atoms with Gasteiger partial charge in [-0.15, -0.1) is 0 Å². The molecule has 12 aromatic rings. The lowest BCUT2D eigenvalue weighted by Gasteiger charge is -2.15. The minimum absolute atomic E-state index is 1.14. The summed E-state index contributed by atoms with van der Waals surface area (Å²) in [5.74, 6) is 0. The van der Waals surface area contributed by atoms with Crippen LogP contribution in [-0.4, -0.2) is 9.13 Å². The highest BCUT2D eigenvalue weighted by Crippen LogP contribution is 2.41. The van der Waals surface area contributed by atoms with Gasteiger partial charge in [-0.1, -0.05) is 176 Å². The van der Waals surface area contributed by atoms with E-state index in [0.29, 0.717) is 0 Å². The fourth-order valence-electron chi connectivity index (χ4n) is 9.59. The van der Waals surface area contributed by atoms with E-state index in [4.69, 9.17) is 0 Å². The summed E-state index contributed by atoms with van der Waals surface area (Å²) in [6, 6.07) is 88.4. The molecule has 2 heterocycles. The molecule has 62 heavy (non-hydrogen) atoms. The molecule has 0 aliphatic carbocycles. The van der Waals surface area contributed by atoms with Crippen molar-refractivity contribution in [3.8, 4) is 67.0 Å². The van der Waals surface area contributed by atoms with Crippen LogP contribution >= 0.6 is 0 Å². The van der Waals surface area contributed by atoms with Gasteiger partial charge in [0.1, 0.15) is 0 Å². The van der Waals surface area contributed by atoms with E-state index in [0.717, 1.165) is 11.4 Å². The van der Waals surface area contributed by atoms with E-state index < -0.39 is 0 Å². The molecule has 0 fully saturated rings. The molecule has 0 radical (unpaired) electrons. The molecule has 290 valence electrons. The summed E-state index contributed by atoms with van der Waals surface area (Å²) < 4.78 is 4.87. The van der Waals surface area contributed by atoms with Crippen molar-refractivity contribution in [2.45, 2.75) is 0 Å². The number of para-hydroxylation sites is 2. The van der Waals surface area contributed by atoms with Crippen LogP contribution in [-0.2, 0) is 0 Å². The van der Waals surface area contributed by atoms with Gasteiger partial charge in [-0.25, -0.2) is 0 Å². The second-order valence-corrected chi connectivity index (χ2v) is 16.1. The lowest BCUT2D eigenvalue weighted by Crippen LogP contribution is -1.96. The van der Waals surface area contributed by atoms with E-state index in [2.05, 4.69) is 252 Å². The highest BCUT2D eigenvalue weighted by Gasteiger charge is 2.18. The van der Waals surface area contributed by atoms with Gasteiger partial charge in [-0.3, -0.25) is 0 Å². The minimum atomic E-state index is 1.14. The van der Waals surface area contributed by atoms with Crippen molar-refractivity contribution < 1.29 is 0 Å². The van der Waals surface area contributed by atoms with Crippen molar-refractivity contribution in [1.29, 1.82) is 0 Å². The Hall–Kier alpha value is -8.20. The molecule has 2 nitrogen and oxygen atoms in total. The molecule has 2 heteroatoms. The molecular formula is C60H40N2. The van der Waals surface area contributed by atoms with Gasteiger partial charge in [-0.2, -0.15) is 0 Å². The average molecular weight is 789 g/mol. The Bertz CT molecular complexity index is 3540. The van der Waals surface area contributed by atoms with Gasteiger partial charge in [0.15, 0.2) is 0 Å². The standard InChI is InChI=1S/C60H40N2/c1-5-17-41(18-6-1)47-35-48(42-19-7-2-8-20-42)37-50(36-47)62-58-28-16-14-26-53(58)56-39-46(30-34-60(56)62)45-29-33-59-55(38-45)52-25-13-15-27-57(52)61(59)49-31-32-51(43-21-9-3-10-22-43)54(40-49)44-23-11-4-12-24-44/h1-40H. The maximum Gasteiger partial charge on any atom is 0.0541 e. The lowest BCUT2D eigenvalue weighted by atomic mass is 9.94. The van der Waals surface area contributed by atoms with Crippen molar-refractivity contribution in [3.05, 3.63) is 243 Å². The Morgan fingerprint density at radius 1 is 0.194 bits per heavy atom. The minimum Gasteiger partial charge on any atom is -0.309 e. The molecule has 0 aliphatic heterocycles. The number of benzene rings is 10. The quantitative estimate of drug-likeness (QED) is 0.152. The zero-order valence-corrected chi connectivity index (χ0v) is 34.0. The molecule has 0 N–H and O–H groups in total. The maximum absolute atomic E-state index is 2.44. The molecule has 0 bridgehead atoms. The fourth-order valence-corrected chi connectivity index (χ4v) is 9.59. The van der Waals surface area contributed by atoms with Gasteiger partial charge in [0.2, 0.25) is 0 Å². The molecule has 0 saturated carbocycles. The third-order valence-electron chi connectivity index (χ3n) is 12.5. The molecule has 0 amide bonds. The Labute approximate surface area is 360 Å². The first-order valence-electron chi connectivity index (χ1n) is 21.3. The Balaban J connectivity index is 1.01. The van der Waals surface area contributed by atoms with E-state index in [-0.39, 0.29) is 0 Å². The summed E-state index contributed by atoms with van der Waals surface area (Å²) in [7, 11) is 0. The van der Waals surface area contributed by atoms with Gasteiger partial charge in [0.05, 0.1) is 22.1 Å². The number of fused-ring (bicyclic) bond motifs is 6. The first kappa shape index (κ1) is 35.7. The van der Waals surface area contributed by atoms with Crippen molar-refractivity contribution in [3.63, 3.8) is 0 Å². The van der Waals surface area contributed by atoms with E-state index in [1.165, 1.54) is 99.2 Å². The molecule has 2 aromatic heterocycles. The van der Waals surface area contributed by atoms with Crippen LogP contribution in [0.2, 0.25) is 0 Å². The van der Waals surface area contributed by atoms with E-state index in [1.807, 2.05) is 0 Å². The third kappa shape index (κ3) is 6.04. The predicted octanol–water partition coefficient (Wildman–Crippen LogP) is 16.2. The molecule has 0 spiro atoms. The molecule has 12 rings (SSSR count). The Kier molecular flexibility index (Phi) is 8.53. The van der Waals surface area contributed by atoms with Crippen LogP contribution < -0.4 is 0 Å². The largest absolute Gasteiger partial charge is 0.309 e. The average Bonchev–Trinajstić information content (AvgIpc) is 3.87. The Morgan fingerprint density at radius 2 is 0.597 bits per heavy atom. The molecule has 10 aromatic carbocycles. The molecule has 0 atom stereocenters. The Morgan fingerprint density at radius 3 is 1.10 bits per heavy atom. The zero-order valence-electron chi connectivity index (χ0n) is 34.0. The van der Waals surface area contributed by atoms with Crippen LogP contribution in [0.5, 0.6) is 0 Å². The normalized spacial score (nSPS) is 11.5. The lowest BCUT2D eigenvalue weighted by molar-refractivity contribution is 1.18. The highest BCUT2D eigenvalue weighted by molar-refractivity contribution is 6.13. The number of rotatable bonds is 7. The first-order chi connectivity index (χ1) is 30.7. The molecular weight excluding hydrogens is 749 g/mol. The number of hydrogen-bond acceptors (Lipinski definition) is 0. The van der Waals surface area contributed by atoms with E-state index >= 15 is 0 Å². The predicted molar refractivity (Wildman–Crippen MR) is 262 cm³/mol. The second kappa shape index (κ2) is 14.8. The van der Waals surface area contributed by atoms with Crippen molar-refractivity contribution in [2.24, 2.45) is 0 Å². The fraction of sp³-hybridized carbons (Fsp3) is 0. The summed E-state index contributed by atoms with van der Waals surface area (Å²) in [4.78, 5) is 0. The van der Waals surface area contributed by atoms with E-state index in [1.54, 1.807) is 0 Å². The molecule has 0 unspecified atom stereocenters. The van der Waals surface area contributed by atoms with Gasteiger partial charge >= 0.3 is 0 Å². The summed E-state index contributed by atoms with van der Waals surface area (Å²) in [6.07, 6.45) is 0. The maximum atomic E-state index is 2.44. The monoisotopic (exact) mass is 788 g/mol. The summed E-state index contributed by atoms with van der Waals surface area (Å²) in [5.41, 5.74) is 19.1. The van der Waals surface area contributed by atoms with Crippen LogP contribution in [0.25, 0.3) is 111 Å². The van der Waals surface area contributed by atoms with Gasteiger partial charge in [-0.05, 0) is 122 Å². The van der Waals surface area contributed by atoms with Crippen LogP contribution in [0.1, 0.15) is 0 Å². The first-order valence-corrected chi connectivity index (χ1v) is 21.3. The van der Waals surface area contributed by atoms with Crippen LogP contribution in [0.4, 0.5) is 0 Å². The van der Waals surface area contributed by atoms with Gasteiger partial charge in [0, 0.05) is 32.9 Å². The number of nitrogens with zero attached hydrogens (tertiary/aromatic N) is 2. The van der Waals surface area contributed by atoms with Crippen LogP contribution in [0, 0.1) is 0 Å². The number of aromatic nitrogens is 2. The molecule has 0 aliphatic rings. The zero-order chi connectivity index (χ0) is 41.0. The molecule has 0 saturated heterocycles. The van der Waals surface area contributed by atoms with Crippen molar-refractivity contribution >= 4 is 43.6 Å². The number of hydrogen-bond donors (Lipinski definition) is 0. The summed E-state index contributed by atoms with van der Waals surface area (Å²) in [5, 5.41) is 4.95. The summed E-state index contributed by atoms with van der Waals surface area (Å²) in [6.45, 7) is 0. The van der Waals surface area contributed by atoms with Gasteiger partial charge < -0.3 is 9.13 Å². The third-order valence-corrected chi connectivity index (χ3v) is 12.5. The van der Waals surface area contributed by atoms with Crippen LogP contribution in [0.3, 0.4) is 0 Å². The smallest absolute Gasteiger partial charge is 0.0541 e.